The molecule has 2 aromatic rings. The van der Waals surface area contributed by atoms with Crippen molar-refractivity contribution in [1.29, 1.82) is 0 Å². The van der Waals surface area contributed by atoms with Gasteiger partial charge < -0.3 is 5.32 Å². The molecule has 0 aliphatic heterocycles. The highest BCUT2D eigenvalue weighted by Gasteiger charge is 2.14. The summed E-state index contributed by atoms with van der Waals surface area (Å²) in [7, 11) is 1.69. The van der Waals surface area contributed by atoms with Gasteiger partial charge in [0.05, 0.1) is 10.2 Å². The van der Waals surface area contributed by atoms with E-state index in [4.69, 9.17) is 0 Å². The molecule has 6 heteroatoms. The van der Waals surface area contributed by atoms with E-state index in [2.05, 4.69) is 26.3 Å². The molecule has 0 spiro atoms. The molecule has 1 amide bonds. The van der Waals surface area contributed by atoms with Crippen molar-refractivity contribution in [2.45, 2.75) is 13.8 Å². The summed E-state index contributed by atoms with van der Waals surface area (Å²) in [5.74, 6) is -0.727. The number of anilines is 1. The Morgan fingerprint density at radius 1 is 1.37 bits per heavy atom. The zero-order valence-corrected chi connectivity index (χ0v) is 12.4. The number of aryl methyl sites for hydroxylation is 3. The van der Waals surface area contributed by atoms with Crippen molar-refractivity contribution in [3.63, 3.8) is 0 Å². The first kappa shape index (κ1) is 13.7. The number of nitrogens with one attached hydrogen (secondary N) is 1. The number of carbonyl (C=O) groups excluding carboxylic acids is 1. The third kappa shape index (κ3) is 2.84. The topological polar surface area (TPSA) is 46.9 Å². The minimum Gasteiger partial charge on any atom is -0.320 e. The molecular weight excluding hydrogens is 313 g/mol. The number of carbonyl (C=O) groups is 1. The van der Waals surface area contributed by atoms with Crippen LogP contribution in [0, 0.1) is 19.7 Å². The van der Waals surface area contributed by atoms with E-state index in [1.165, 1.54) is 10.7 Å². The van der Waals surface area contributed by atoms with E-state index in [9.17, 15) is 9.18 Å². The average molecular weight is 326 g/mol. The van der Waals surface area contributed by atoms with E-state index in [-0.39, 0.29) is 5.91 Å². The molecule has 0 fully saturated rings. The van der Waals surface area contributed by atoms with E-state index >= 15 is 0 Å². The fraction of sp³-hybridized carbons (Fsp3) is 0.231. The lowest BCUT2D eigenvalue weighted by atomic mass is 10.2. The van der Waals surface area contributed by atoms with Crippen molar-refractivity contribution in [1.82, 2.24) is 9.78 Å². The first-order chi connectivity index (χ1) is 8.88. The Bertz CT molecular complexity index is 652. The number of benzene rings is 1. The third-order valence-electron chi connectivity index (χ3n) is 2.75. The lowest BCUT2D eigenvalue weighted by Gasteiger charge is -2.09. The molecular formula is C13H13BrFN3O. The zero-order chi connectivity index (χ0) is 14.2. The lowest BCUT2D eigenvalue weighted by Crippen LogP contribution is -2.16. The molecule has 0 saturated heterocycles. The molecule has 0 saturated carbocycles. The van der Waals surface area contributed by atoms with E-state index in [1.807, 2.05) is 0 Å². The highest BCUT2D eigenvalue weighted by atomic mass is 79.9. The smallest absolute Gasteiger partial charge is 0.273 e. The van der Waals surface area contributed by atoms with Crippen LogP contribution >= 0.6 is 15.9 Å². The fourth-order valence-electron chi connectivity index (χ4n) is 1.79. The molecule has 1 aromatic heterocycles. The van der Waals surface area contributed by atoms with Crippen LogP contribution < -0.4 is 5.32 Å². The summed E-state index contributed by atoms with van der Waals surface area (Å²) in [6.07, 6.45) is 0. The summed E-state index contributed by atoms with van der Waals surface area (Å²) in [4.78, 5) is 12.1. The van der Waals surface area contributed by atoms with E-state index < -0.39 is 5.82 Å². The molecule has 19 heavy (non-hydrogen) atoms. The Labute approximate surface area is 118 Å². The summed E-state index contributed by atoms with van der Waals surface area (Å²) >= 11 is 3.10. The minimum absolute atomic E-state index is 0.312. The maximum atomic E-state index is 13.5. The van der Waals surface area contributed by atoms with Gasteiger partial charge >= 0.3 is 0 Å². The number of hydrogen-bond donors (Lipinski definition) is 1. The van der Waals surface area contributed by atoms with Crippen LogP contribution in [0.15, 0.2) is 22.7 Å². The standard InChI is InChI=1S/C13H13BrFN3O/c1-7-4-9(14)10(15)6-11(7)16-13(19)12-5-8(2)17-18(12)3/h4-6H,1-3H3,(H,16,19). The molecule has 1 N–H and O–H groups in total. The van der Waals surface area contributed by atoms with Gasteiger partial charge in [0.15, 0.2) is 0 Å². The Morgan fingerprint density at radius 3 is 2.63 bits per heavy atom. The first-order valence-corrected chi connectivity index (χ1v) is 6.45. The number of rotatable bonds is 2. The summed E-state index contributed by atoms with van der Waals surface area (Å²) in [5.41, 5.74) is 2.41. The molecule has 0 radical (unpaired) electrons. The molecule has 0 aliphatic rings. The van der Waals surface area contributed by atoms with Crippen LogP contribution in [0.3, 0.4) is 0 Å². The number of nitrogens with zero attached hydrogens (tertiary/aromatic N) is 2. The Kier molecular flexibility index (Phi) is 3.71. The van der Waals surface area contributed by atoms with Crippen LogP contribution in [0.5, 0.6) is 0 Å². The van der Waals surface area contributed by atoms with Crippen molar-refractivity contribution in [3.8, 4) is 0 Å². The lowest BCUT2D eigenvalue weighted by molar-refractivity contribution is 0.101. The number of amides is 1. The van der Waals surface area contributed by atoms with Crippen LogP contribution in [0.25, 0.3) is 0 Å². The summed E-state index contributed by atoms with van der Waals surface area (Å²) in [6, 6.07) is 4.60. The molecule has 0 unspecified atom stereocenters. The molecule has 1 aromatic carbocycles. The number of halogens is 2. The van der Waals surface area contributed by atoms with Crippen molar-refractivity contribution < 1.29 is 9.18 Å². The predicted molar refractivity (Wildman–Crippen MR) is 74.7 cm³/mol. The second-order valence-electron chi connectivity index (χ2n) is 4.33. The Balaban J connectivity index is 2.29. The van der Waals surface area contributed by atoms with E-state index in [0.29, 0.717) is 15.9 Å². The van der Waals surface area contributed by atoms with Crippen LogP contribution in [-0.2, 0) is 7.05 Å². The molecule has 0 aliphatic carbocycles. The Hall–Kier alpha value is -1.69. The van der Waals surface area contributed by atoms with Crippen LogP contribution in [0.1, 0.15) is 21.7 Å². The SMILES string of the molecule is Cc1cc(C(=O)Nc2cc(F)c(Br)cc2C)n(C)n1. The molecule has 2 rings (SSSR count). The maximum absolute atomic E-state index is 13.5. The predicted octanol–water partition coefficient (Wildman–Crippen LogP) is 3.19. The van der Waals surface area contributed by atoms with Crippen molar-refractivity contribution >= 4 is 27.5 Å². The van der Waals surface area contributed by atoms with Gasteiger partial charge in [-0.2, -0.15) is 5.10 Å². The quantitative estimate of drug-likeness (QED) is 0.921. The van der Waals surface area contributed by atoms with E-state index in [0.717, 1.165) is 11.3 Å². The normalized spacial score (nSPS) is 10.6. The molecule has 0 atom stereocenters. The molecule has 100 valence electrons. The van der Waals surface area contributed by atoms with Crippen molar-refractivity contribution in [3.05, 3.63) is 45.4 Å². The molecule has 1 heterocycles. The van der Waals surface area contributed by atoms with Gasteiger partial charge in [-0.1, -0.05) is 0 Å². The molecule has 4 nitrogen and oxygen atoms in total. The second-order valence-corrected chi connectivity index (χ2v) is 5.18. The average Bonchev–Trinajstić information content (AvgIpc) is 2.65. The summed E-state index contributed by atoms with van der Waals surface area (Å²) in [5, 5.41) is 6.79. The summed E-state index contributed by atoms with van der Waals surface area (Å²) in [6.45, 7) is 3.61. The number of hydrogen-bond acceptors (Lipinski definition) is 2. The number of aromatic nitrogens is 2. The van der Waals surface area contributed by atoms with Crippen LogP contribution in [0.4, 0.5) is 10.1 Å². The minimum atomic E-state index is -0.415. The van der Waals surface area contributed by atoms with Gasteiger partial charge in [0.2, 0.25) is 0 Å². The third-order valence-corrected chi connectivity index (χ3v) is 3.36. The first-order valence-electron chi connectivity index (χ1n) is 5.66. The monoisotopic (exact) mass is 325 g/mol. The van der Waals surface area contributed by atoms with Crippen molar-refractivity contribution in [2.24, 2.45) is 7.05 Å². The summed E-state index contributed by atoms with van der Waals surface area (Å²) < 4.78 is 15.3. The highest BCUT2D eigenvalue weighted by Crippen LogP contribution is 2.24. The zero-order valence-electron chi connectivity index (χ0n) is 10.8. The van der Waals surface area contributed by atoms with Crippen LogP contribution in [0.2, 0.25) is 0 Å². The van der Waals surface area contributed by atoms with Gasteiger partial charge in [0.1, 0.15) is 11.5 Å². The van der Waals surface area contributed by atoms with Gasteiger partial charge in [-0.05, 0) is 53.5 Å². The maximum Gasteiger partial charge on any atom is 0.273 e. The van der Waals surface area contributed by atoms with Gasteiger partial charge in [0.25, 0.3) is 5.91 Å². The van der Waals surface area contributed by atoms with E-state index in [1.54, 1.807) is 33.0 Å². The van der Waals surface area contributed by atoms with Crippen molar-refractivity contribution in [2.75, 3.05) is 5.32 Å². The fourth-order valence-corrected chi connectivity index (χ4v) is 2.25. The second kappa shape index (κ2) is 5.13. The van der Waals surface area contributed by atoms with Crippen LogP contribution in [-0.4, -0.2) is 15.7 Å². The van der Waals surface area contributed by atoms with Gasteiger partial charge in [-0.3, -0.25) is 9.48 Å². The largest absolute Gasteiger partial charge is 0.320 e. The molecule has 0 bridgehead atoms. The Morgan fingerprint density at radius 2 is 2.05 bits per heavy atom. The highest BCUT2D eigenvalue weighted by molar-refractivity contribution is 9.10. The van der Waals surface area contributed by atoms with Gasteiger partial charge in [-0.15, -0.1) is 0 Å². The van der Waals surface area contributed by atoms with Gasteiger partial charge in [-0.25, -0.2) is 4.39 Å². The van der Waals surface area contributed by atoms with Gasteiger partial charge in [0, 0.05) is 12.7 Å².